The summed E-state index contributed by atoms with van der Waals surface area (Å²) in [4.78, 5) is 11.4. The van der Waals surface area contributed by atoms with Crippen LogP contribution in [-0.2, 0) is 22.9 Å². The molecule has 0 spiro atoms. The molecule has 2 heterocycles. The quantitative estimate of drug-likeness (QED) is 0.680. The number of aromatic nitrogens is 2. The van der Waals surface area contributed by atoms with Crippen molar-refractivity contribution in [3.63, 3.8) is 0 Å². The number of nitrogens with zero attached hydrogens (tertiary/aromatic N) is 3. The molecule has 0 bridgehead atoms. The molecule has 30 heavy (non-hydrogen) atoms. The van der Waals surface area contributed by atoms with Gasteiger partial charge in [-0.05, 0) is 75.1 Å². The van der Waals surface area contributed by atoms with E-state index in [1.54, 1.807) is 6.07 Å². The largest absolute Gasteiger partial charge is 0.476 e. The van der Waals surface area contributed by atoms with Crippen LogP contribution in [0.5, 0.6) is 5.88 Å². The highest BCUT2D eigenvalue weighted by atomic mass is 32.2. The standard InChI is InChI=1S/C22H30N4O3S/c1-17-24-21(26-12-5-2-6-13-26)16-22(25-17)29-14-11-23-30(27,28)20-10-9-18-7-3-4-8-19(18)15-20/h9-10,15-16,23H,2-8,11-14H2,1H3. The minimum atomic E-state index is -3.55. The second kappa shape index (κ2) is 9.31. The Hall–Kier alpha value is -2.19. The third kappa shape index (κ3) is 5.10. The lowest BCUT2D eigenvalue weighted by atomic mass is 9.92. The smallest absolute Gasteiger partial charge is 0.240 e. The van der Waals surface area contributed by atoms with Gasteiger partial charge in [0.1, 0.15) is 18.2 Å². The summed E-state index contributed by atoms with van der Waals surface area (Å²) in [5, 5.41) is 0. The molecule has 0 unspecified atom stereocenters. The van der Waals surface area contributed by atoms with E-state index >= 15 is 0 Å². The van der Waals surface area contributed by atoms with Crippen LogP contribution in [0.4, 0.5) is 5.82 Å². The molecular formula is C22H30N4O3S. The molecule has 0 saturated carbocycles. The van der Waals surface area contributed by atoms with Gasteiger partial charge >= 0.3 is 0 Å². The van der Waals surface area contributed by atoms with Crippen LogP contribution in [0.1, 0.15) is 49.1 Å². The maximum atomic E-state index is 12.6. The Balaban J connectivity index is 1.34. The van der Waals surface area contributed by atoms with Crippen LogP contribution in [0.25, 0.3) is 0 Å². The van der Waals surface area contributed by atoms with Crippen LogP contribution in [0.3, 0.4) is 0 Å². The summed E-state index contributed by atoms with van der Waals surface area (Å²) >= 11 is 0. The lowest BCUT2D eigenvalue weighted by molar-refractivity contribution is 0.309. The Morgan fingerprint density at radius 3 is 2.57 bits per heavy atom. The van der Waals surface area contributed by atoms with Crippen LogP contribution in [0, 0.1) is 6.92 Å². The summed E-state index contributed by atoms with van der Waals surface area (Å²) in [5.41, 5.74) is 2.43. The van der Waals surface area contributed by atoms with Gasteiger partial charge in [0.05, 0.1) is 4.90 Å². The van der Waals surface area contributed by atoms with Crippen LogP contribution >= 0.6 is 0 Å². The van der Waals surface area contributed by atoms with Crippen LogP contribution in [-0.4, -0.2) is 44.6 Å². The molecule has 1 aromatic carbocycles. The number of piperidine rings is 1. The highest BCUT2D eigenvalue weighted by Crippen LogP contribution is 2.24. The van der Waals surface area contributed by atoms with Gasteiger partial charge in [0.15, 0.2) is 0 Å². The predicted molar refractivity (Wildman–Crippen MR) is 117 cm³/mol. The molecule has 1 aliphatic heterocycles. The van der Waals surface area contributed by atoms with E-state index < -0.39 is 10.0 Å². The highest BCUT2D eigenvalue weighted by Gasteiger charge is 2.18. The molecule has 8 heteroatoms. The Kier molecular flexibility index (Phi) is 6.53. The predicted octanol–water partition coefficient (Wildman–Crippen LogP) is 3.01. The zero-order valence-corrected chi connectivity index (χ0v) is 18.4. The van der Waals surface area contributed by atoms with Crippen molar-refractivity contribution >= 4 is 15.8 Å². The van der Waals surface area contributed by atoms with Crippen molar-refractivity contribution in [1.82, 2.24) is 14.7 Å². The minimum absolute atomic E-state index is 0.182. The fourth-order valence-electron chi connectivity index (χ4n) is 4.18. The average Bonchev–Trinajstić information content (AvgIpc) is 2.77. The Labute approximate surface area is 178 Å². The van der Waals surface area contributed by atoms with Gasteiger partial charge in [0.2, 0.25) is 15.9 Å². The first-order valence-corrected chi connectivity index (χ1v) is 12.3. The number of aryl methyl sites for hydroxylation is 3. The van der Waals surface area contributed by atoms with Gasteiger partial charge in [0.25, 0.3) is 0 Å². The number of hydrogen-bond donors (Lipinski definition) is 1. The van der Waals surface area contributed by atoms with Gasteiger partial charge in [-0.1, -0.05) is 6.07 Å². The minimum Gasteiger partial charge on any atom is -0.476 e. The van der Waals surface area contributed by atoms with Gasteiger partial charge in [0, 0.05) is 25.7 Å². The summed E-state index contributed by atoms with van der Waals surface area (Å²) in [6.07, 6.45) is 7.89. The van der Waals surface area contributed by atoms with Crippen molar-refractivity contribution in [3.8, 4) is 5.88 Å². The zero-order valence-electron chi connectivity index (χ0n) is 17.6. The number of fused-ring (bicyclic) bond motifs is 1. The van der Waals surface area contributed by atoms with E-state index in [0.717, 1.165) is 43.7 Å². The number of anilines is 1. The molecule has 0 atom stereocenters. The van der Waals surface area contributed by atoms with Gasteiger partial charge < -0.3 is 9.64 Å². The highest BCUT2D eigenvalue weighted by molar-refractivity contribution is 7.89. The molecule has 4 rings (SSSR count). The molecule has 162 valence electrons. The maximum absolute atomic E-state index is 12.6. The van der Waals surface area contributed by atoms with Gasteiger partial charge in [-0.2, -0.15) is 4.98 Å². The van der Waals surface area contributed by atoms with E-state index in [1.165, 1.54) is 31.2 Å². The van der Waals surface area contributed by atoms with Gasteiger partial charge in [-0.25, -0.2) is 18.1 Å². The second-order valence-electron chi connectivity index (χ2n) is 8.04. The van der Waals surface area contributed by atoms with Gasteiger partial charge in [-0.3, -0.25) is 0 Å². The first-order valence-electron chi connectivity index (χ1n) is 10.9. The molecule has 0 radical (unpaired) electrons. The lowest BCUT2D eigenvalue weighted by Crippen LogP contribution is -2.30. The molecule has 2 aliphatic rings. The zero-order chi connectivity index (χ0) is 21.0. The SMILES string of the molecule is Cc1nc(OCCNS(=O)(=O)c2ccc3c(c2)CCCC3)cc(N2CCCCC2)n1. The van der Waals surface area contributed by atoms with Crippen molar-refractivity contribution in [2.24, 2.45) is 0 Å². The third-order valence-corrected chi connectivity index (χ3v) is 7.21. The lowest BCUT2D eigenvalue weighted by Gasteiger charge is -2.28. The van der Waals surface area contributed by atoms with Gasteiger partial charge in [-0.15, -0.1) is 0 Å². The third-order valence-electron chi connectivity index (χ3n) is 5.76. The number of hydrogen-bond acceptors (Lipinski definition) is 6. The summed E-state index contributed by atoms with van der Waals surface area (Å²) in [6, 6.07) is 7.31. The molecule has 1 N–H and O–H groups in total. The van der Waals surface area contributed by atoms with E-state index in [1.807, 2.05) is 25.1 Å². The van der Waals surface area contributed by atoms with Crippen molar-refractivity contribution in [1.29, 1.82) is 0 Å². The molecule has 2 aromatic rings. The Bertz CT molecular complexity index is 988. The van der Waals surface area contributed by atoms with Crippen molar-refractivity contribution in [2.75, 3.05) is 31.1 Å². The molecule has 1 fully saturated rings. The topological polar surface area (TPSA) is 84.4 Å². The fourth-order valence-corrected chi connectivity index (χ4v) is 5.24. The first-order chi connectivity index (χ1) is 14.5. The fraction of sp³-hybridized carbons (Fsp3) is 0.545. The average molecular weight is 431 g/mol. The maximum Gasteiger partial charge on any atom is 0.240 e. The molecule has 1 saturated heterocycles. The Morgan fingerprint density at radius 1 is 1.00 bits per heavy atom. The van der Waals surface area contributed by atoms with Crippen LogP contribution in [0.15, 0.2) is 29.2 Å². The van der Waals surface area contributed by atoms with E-state index in [9.17, 15) is 8.42 Å². The molecular weight excluding hydrogens is 400 g/mol. The van der Waals surface area contributed by atoms with E-state index in [4.69, 9.17) is 4.74 Å². The van der Waals surface area contributed by atoms with E-state index in [-0.39, 0.29) is 13.2 Å². The van der Waals surface area contributed by atoms with Crippen molar-refractivity contribution < 1.29 is 13.2 Å². The normalized spacial score (nSPS) is 16.9. The summed E-state index contributed by atoms with van der Waals surface area (Å²) in [5.74, 6) is 2.02. The summed E-state index contributed by atoms with van der Waals surface area (Å²) in [7, 11) is -3.55. The Morgan fingerprint density at radius 2 is 1.77 bits per heavy atom. The molecule has 7 nitrogen and oxygen atoms in total. The monoisotopic (exact) mass is 430 g/mol. The molecule has 0 amide bonds. The summed E-state index contributed by atoms with van der Waals surface area (Å²) < 4.78 is 33.7. The van der Waals surface area contributed by atoms with E-state index in [2.05, 4.69) is 19.6 Å². The number of sulfonamides is 1. The molecule has 1 aliphatic carbocycles. The van der Waals surface area contributed by atoms with Crippen LogP contribution in [0.2, 0.25) is 0 Å². The number of rotatable bonds is 7. The molecule has 1 aromatic heterocycles. The van der Waals surface area contributed by atoms with E-state index in [0.29, 0.717) is 16.6 Å². The number of nitrogens with one attached hydrogen (secondary N) is 1. The first kappa shape index (κ1) is 21.1. The van der Waals surface area contributed by atoms with Crippen molar-refractivity contribution in [3.05, 3.63) is 41.2 Å². The number of ether oxygens (including phenoxy) is 1. The second-order valence-corrected chi connectivity index (χ2v) is 9.81. The summed E-state index contributed by atoms with van der Waals surface area (Å²) in [6.45, 7) is 4.23. The van der Waals surface area contributed by atoms with Crippen LogP contribution < -0.4 is 14.4 Å². The number of benzene rings is 1. The van der Waals surface area contributed by atoms with Crippen molar-refractivity contribution in [2.45, 2.75) is 56.8 Å².